The Morgan fingerprint density at radius 2 is 1.92 bits per heavy atom. The van der Waals surface area contributed by atoms with Crippen molar-refractivity contribution >= 4 is 22.6 Å². The highest BCUT2D eigenvalue weighted by Crippen LogP contribution is 2.10. The summed E-state index contributed by atoms with van der Waals surface area (Å²) in [5.74, 6) is 0. The molecule has 0 rings (SSSR count). The summed E-state index contributed by atoms with van der Waals surface area (Å²) in [5.41, 5.74) is 0. The lowest BCUT2D eigenvalue weighted by molar-refractivity contribution is -0.107. The first kappa shape index (κ1) is 13.4. The summed E-state index contributed by atoms with van der Waals surface area (Å²) in [6, 6.07) is 0. The van der Waals surface area contributed by atoms with Gasteiger partial charge in [-0.15, -0.1) is 0 Å². The molecule has 0 saturated heterocycles. The average Bonchev–Trinajstić information content (AvgIpc) is 2.11. The molecular weight excluding hydrogens is 279 g/mol. The Labute approximate surface area is 94.8 Å². The fourth-order valence-electron chi connectivity index (χ4n) is 1.09. The molecule has 0 saturated carbocycles. The first-order valence-electron chi connectivity index (χ1n) is 4.58. The lowest BCUT2D eigenvalue weighted by atomic mass is 10.2. The van der Waals surface area contributed by atoms with Gasteiger partial charge in [-0.3, -0.25) is 0 Å². The highest BCUT2D eigenvalue weighted by atomic mass is 127. The van der Waals surface area contributed by atoms with Crippen LogP contribution in [0, 0.1) is 0 Å². The van der Waals surface area contributed by atoms with Crippen LogP contribution in [-0.4, -0.2) is 20.5 Å². The molecule has 13 heavy (non-hydrogen) atoms. The Morgan fingerprint density at radius 3 is 2.38 bits per heavy atom. The number of allylic oxidation sites excluding steroid dienone is 2. The Bertz CT molecular complexity index is 138. The van der Waals surface area contributed by atoms with Crippen molar-refractivity contribution < 1.29 is 9.47 Å². The van der Waals surface area contributed by atoms with Crippen LogP contribution in [-0.2, 0) is 9.47 Å². The number of methoxy groups -OCH3 is 2. The van der Waals surface area contributed by atoms with Crippen LogP contribution in [0.25, 0.3) is 0 Å². The largest absolute Gasteiger partial charge is 0.356 e. The lowest BCUT2D eigenvalue weighted by Gasteiger charge is -2.12. The van der Waals surface area contributed by atoms with Crippen molar-refractivity contribution in [1.82, 2.24) is 0 Å². The Morgan fingerprint density at radius 1 is 1.31 bits per heavy atom. The second-order valence-corrected chi connectivity index (χ2v) is 4.68. The maximum Gasteiger partial charge on any atom is 0.156 e. The van der Waals surface area contributed by atoms with Crippen LogP contribution in [0.2, 0.25) is 0 Å². The number of hydrogen-bond donors (Lipinski definition) is 0. The van der Waals surface area contributed by atoms with E-state index < -0.39 is 0 Å². The van der Waals surface area contributed by atoms with Gasteiger partial charge in [-0.1, -0.05) is 6.08 Å². The van der Waals surface area contributed by atoms with Crippen molar-refractivity contribution in [3.05, 3.63) is 9.66 Å². The van der Waals surface area contributed by atoms with E-state index in [9.17, 15) is 0 Å². The van der Waals surface area contributed by atoms with Crippen LogP contribution in [0.15, 0.2) is 9.66 Å². The fourth-order valence-corrected chi connectivity index (χ4v) is 1.40. The third-order valence-electron chi connectivity index (χ3n) is 1.85. The van der Waals surface area contributed by atoms with E-state index in [2.05, 4.69) is 35.6 Å². The van der Waals surface area contributed by atoms with Gasteiger partial charge in [0.25, 0.3) is 0 Å². The summed E-state index contributed by atoms with van der Waals surface area (Å²) in [5, 5.41) is 0. The minimum Gasteiger partial charge on any atom is -0.356 e. The third kappa shape index (κ3) is 8.71. The van der Waals surface area contributed by atoms with Crippen molar-refractivity contribution in [3.8, 4) is 0 Å². The van der Waals surface area contributed by atoms with Gasteiger partial charge in [-0.05, 0) is 58.8 Å². The van der Waals surface area contributed by atoms with E-state index in [1.165, 1.54) is 10.0 Å². The highest BCUT2D eigenvalue weighted by Gasteiger charge is 2.02. The smallest absolute Gasteiger partial charge is 0.156 e. The quantitative estimate of drug-likeness (QED) is 0.407. The second kappa shape index (κ2) is 8.97. The van der Waals surface area contributed by atoms with Gasteiger partial charge in [0, 0.05) is 14.2 Å². The van der Waals surface area contributed by atoms with Crippen molar-refractivity contribution in [2.75, 3.05) is 14.2 Å². The Kier molecular flexibility index (Phi) is 9.23. The van der Waals surface area contributed by atoms with Crippen LogP contribution < -0.4 is 0 Å². The van der Waals surface area contributed by atoms with Crippen molar-refractivity contribution in [2.45, 2.75) is 38.9 Å². The van der Waals surface area contributed by atoms with Crippen molar-refractivity contribution in [3.63, 3.8) is 0 Å². The second-order valence-electron chi connectivity index (χ2n) is 2.98. The van der Waals surface area contributed by atoms with E-state index in [0.717, 1.165) is 19.3 Å². The molecule has 0 aromatic carbocycles. The summed E-state index contributed by atoms with van der Waals surface area (Å²) in [7, 11) is 3.37. The maximum atomic E-state index is 5.09. The van der Waals surface area contributed by atoms with Crippen LogP contribution in [0.3, 0.4) is 0 Å². The molecule has 0 aliphatic heterocycles. The summed E-state index contributed by atoms with van der Waals surface area (Å²) in [6.07, 6.45) is 6.76. The summed E-state index contributed by atoms with van der Waals surface area (Å²) >= 11 is 2.33. The maximum absolute atomic E-state index is 5.09. The monoisotopic (exact) mass is 298 g/mol. The molecule has 0 amide bonds. The molecule has 78 valence electrons. The molecule has 0 aliphatic carbocycles. The van der Waals surface area contributed by atoms with Gasteiger partial charge in [0.2, 0.25) is 0 Å². The molecule has 2 nitrogen and oxygen atoms in total. The first-order chi connectivity index (χ1) is 6.20. The average molecular weight is 298 g/mol. The van der Waals surface area contributed by atoms with Crippen LogP contribution in [0.1, 0.15) is 32.6 Å². The first-order valence-corrected chi connectivity index (χ1v) is 5.66. The van der Waals surface area contributed by atoms with Gasteiger partial charge in [0.1, 0.15) is 0 Å². The molecular formula is C10H19IO2. The zero-order chi connectivity index (χ0) is 10.1. The zero-order valence-corrected chi connectivity index (χ0v) is 10.8. The summed E-state index contributed by atoms with van der Waals surface area (Å²) in [6.45, 7) is 2.12. The van der Waals surface area contributed by atoms with Gasteiger partial charge in [0.15, 0.2) is 6.29 Å². The normalized spacial score (nSPS) is 12.5. The predicted octanol–water partition coefficient (Wildman–Crippen LogP) is 3.50. The molecule has 0 fully saturated rings. The SMILES string of the molecule is COC(CCCC/C=C(/C)I)OC. The van der Waals surface area contributed by atoms with E-state index in [1.807, 2.05) is 0 Å². The minimum absolute atomic E-state index is 0.0234. The van der Waals surface area contributed by atoms with E-state index in [1.54, 1.807) is 14.2 Å². The minimum atomic E-state index is -0.0234. The van der Waals surface area contributed by atoms with E-state index in [0.29, 0.717) is 0 Å². The Hall–Kier alpha value is 0.390. The molecule has 0 spiro atoms. The molecule has 0 aromatic heterocycles. The van der Waals surface area contributed by atoms with Crippen LogP contribution in [0.4, 0.5) is 0 Å². The summed E-state index contributed by atoms with van der Waals surface area (Å²) in [4.78, 5) is 0. The topological polar surface area (TPSA) is 18.5 Å². The van der Waals surface area contributed by atoms with Gasteiger partial charge in [-0.25, -0.2) is 0 Å². The number of unbranched alkanes of at least 4 members (excludes halogenated alkanes) is 2. The Balaban J connectivity index is 3.29. The van der Waals surface area contributed by atoms with E-state index >= 15 is 0 Å². The molecule has 0 N–H and O–H groups in total. The predicted molar refractivity (Wildman–Crippen MR) is 64.1 cm³/mol. The molecule has 0 aromatic rings. The summed E-state index contributed by atoms with van der Waals surface area (Å²) < 4.78 is 11.5. The van der Waals surface area contributed by atoms with E-state index in [4.69, 9.17) is 9.47 Å². The zero-order valence-electron chi connectivity index (χ0n) is 8.68. The standard InChI is InChI=1S/C10H19IO2/c1-9(11)7-5-4-6-8-10(12-2)13-3/h7,10H,4-6,8H2,1-3H3/b9-7-. The van der Waals surface area contributed by atoms with E-state index in [-0.39, 0.29) is 6.29 Å². The number of ether oxygens (including phenoxy) is 2. The van der Waals surface area contributed by atoms with Crippen LogP contribution in [0.5, 0.6) is 0 Å². The fraction of sp³-hybridized carbons (Fsp3) is 0.800. The molecule has 3 heteroatoms. The van der Waals surface area contributed by atoms with Gasteiger partial charge in [-0.2, -0.15) is 0 Å². The van der Waals surface area contributed by atoms with Crippen molar-refractivity contribution in [2.24, 2.45) is 0 Å². The number of rotatable bonds is 7. The molecule has 0 radical (unpaired) electrons. The number of halogens is 1. The molecule has 0 aliphatic rings. The third-order valence-corrected chi connectivity index (χ3v) is 2.29. The van der Waals surface area contributed by atoms with Gasteiger partial charge < -0.3 is 9.47 Å². The van der Waals surface area contributed by atoms with Crippen LogP contribution >= 0.6 is 22.6 Å². The highest BCUT2D eigenvalue weighted by molar-refractivity contribution is 14.1. The van der Waals surface area contributed by atoms with Crippen molar-refractivity contribution in [1.29, 1.82) is 0 Å². The van der Waals surface area contributed by atoms with Gasteiger partial charge in [0.05, 0.1) is 0 Å². The van der Waals surface area contributed by atoms with Gasteiger partial charge >= 0.3 is 0 Å². The molecule has 0 bridgehead atoms. The lowest BCUT2D eigenvalue weighted by Crippen LogP contribution is -2.12. The molecule has 0 atom stereocenters. The number of hydrogen-bond acceptors (Lipinski definition) is 2. The molecule has 0 unspecified atom stereocenters. The molecule has 0 heterocycles.